The van der Waals surface area contributed by atoms with Gasteiger partial charge in [-0.3, -0.25) is 19.8 Å². The topological polar surface area (TPSA) is 67.9 Å². The summed E-state index contributed by atoms with van der Waals surface area (Å²) in [6.45, 7) is 7.72. The first-order chi connectivity index (χ1) is 14.2. The molecule has 0 saturated carbocycles. The third kappa shape index (κ3) is 4.21. The highest BCUT2D eigenvalue weighted by atomic mass is 32.1. The van der Waals surface area contributed by atoms with Crippen LogP contribution in [0.4, 0.5) is 5.69 Å². The molecule has 0 aliphatic carbocycles. The van der Waals surface area contributed by atoms with E-state index >= 15 is 0 Å². The largest absolute Gasteiger partial charge is 0.493 e. The molecule has 7 heteroatoms. The molecule has 0 atom stereocenters. The summed E-state index contributed by atoms with van der Waals surface area (Å²) in [6, 6.07) is 10.9. The highest BCUT2D eigenvalue weighted by Gasteiger charge is 2.35. The van der Waals surface area contributed by atoms with Crippen molar-refractivity contribution in [1.82, 2.24) is 5.32 Å². The van der Waals surface area contributed by atoms with Crippen LogP contribution >= 0.6 is 12.2 Å². The SMILES string of the molecule is COc1cc(/C=C2\C(=O)NC(=S)N(c3cccc(C)c3C)C2=O)ccc1OC(C)C. The van der Waals surface area contributed by atoms with Gasteiger partial charge in [-0.05, 0) is 80.9 Å². The zero-order valence-electron chi connectivity index (χ0n) is 17.6. The second-order valence-electron chi connectivity index (χ2n) is 7.25. The quantitative estimate of drug-likeness (QED) is 0.448. The smallest absolute Gasteiger partial charge is 0.270 e. The Bertz CT molecular complexity index is 1060. The third-order valence-corrected chi connectivity index (χ3v) is 5.06. The first-order valence-electron chi connectivity index (χ1n) is 9.55. The monoisotopic (exact) mass is 424 g/mol. The van der Waals surface area contributed by atoms with Gasteiger partial charge in [0.2, 0.25) is 0 Å². The predicted octanol–water partition coefficient (Wildman–Crippen LogP) is 3.93. The summed E-state index contributed by atoms with van der Waals surface area (Å²) in [5.41, 5.74) is 3.21. The standard InChI is InChI=1S/C23H24N2O4S/c1-13(2)29-19-10-9-16(12-20(19)28-5)11-17-21(26)24-23(30)25(22(17)27)18-8-6-7-14(3)15(18)4/h6-13H,1-5H3,(H,24,26,30)/b17-11+. The van der Waals surface area contributed by atoms with E-state index in [2.05, 4.69) is 5.32 Å². The van der Waals surface area contributed by atoms with Gasteiger partial charge < -0.3 is 9.47 Å². The van der Waals surface area contributed by atoms with E-state index in [0.29, 0.717) is 22.7 Å². The number of benzene rings is 2. The molecule has 30 heavy (non-hydrogen) atoms. The Morgan fingerprint density at radius 1 is 1.10 bits per heavy atom. The van der Waals surface area contributed by atoms with Gasteiger partial charge in [0.1, 0.15) is 5.57 Å². The zero-order chi connectivity index (χ0) is 22.0. The first-order valence-corrected chi connectivity index (χ1v) is 9.96. The first kappa shape index (κ1) is 21.5. The van der Waals surface area contributed by atoms with E-state index < -0.39 is 11.8 Å². The van der Waals surface area contributed by atoms with E-state index in [4.69, 9.17) is 21.7 Å². The van der Waals surface area contributed by atoms with Gasteiger partial charge in [-0.15, -0.1) is 0 Å². The van der Waals surface area contributed by atoms with Crippen molar-refractivity contribution in [3.63, 3.8) is 0 Å². The van der Waals surface area contributed by atoms with E-state index in [1.807, 2.05) is 45.9 Å². The number of nitrogens with one attached hydrogen (secondary N) is 1. The molecule has 2 aromatic carbocycles. The number of anilines is 1. The molecule has 156 valence electrons. The Labute approximate surface area is 181 Å². The molecule has 2 aromatic rings. The van der Waals surface area contributed by atoms with Gasteiger partial charge in [-0.1, -0.05) is 18.2 Å². The fourth-order valence-electron chi connectivity index (χ4n) is 3.15. The summed E-state index contributed by atoms with van der Waals surface area (Å²) in [4.78, 5) is 27.1. The number of rotatable bonds is 5. The summed E-state index contributed by atoms with van der Waals surface area (Å²) in [5.74, 6) is 0.0998. The van der Waals surface area contributed by atoms with Crippen molar-refractivity contribution < 1.29 is 19.1 Å². The minimum absolute atomic E-state index is 0.0101. The predicted molar refractivity (Wildman–Crippen MR) is 121 cm³/mol. The lowest BCUT2D eigenvalue weighted by Gasteiger charge is -2.30. The summed E-state index contributed by atoms with van der Waals surface area (Å²) in [6.07, 6.45) is 1.51. The molecule has 1 fully saturated rings. The van der Waals surface area contributed by atoms with Crippen LogP contribution < -0.4 is 19.7 Å². The van der Waals surface area contributed by atoms with Crippen LogP contribution in [0.25, 0.3) is 6.08 Å². The lowest BCUT2D eigenvalue weighted by molar-refractivity contribution is -0.122. The van der Waals surface area contributed by atoms with Crippen LogP contribution in [0, 0.1) is 13.8 Å². The highest BCUT2D eigenvalue weighted by molar-refractivity contribution is 7.80. The molecule has 0 spiro atoms. The summed E-state index contributed by atoms with van der Waals surface area (Å²) in [7, 11) is 1.54. The Balaban J connectivity index is 2.01. The molecule has 0 bridgehead atoms. The fraction of sp³-hybridized carbons (Fsp3) is 0.261. The molecule has 2 amide bonds. The molecule has 1 N–H and O–H groups in total. The van der Waals surface area contributed by atoms with Gasteiger partial charge in [0, 0.05) is 0 Å². The van der Waals surface area contributed by atoms with Crippen molar-refractivity contribution in [3.8, 4) is 11.5 Å². The number of hydrogen-bond donors (Lipinski definition) is 1. The van der Waals surface area contributed by atoms with Crippen LogP contribution in [0.2, 0.25) is 0 Å². The molecule has 3 rings (SSSR count). The average molecular weight is 425 g/mol. The Morgan fingerprint density at radius 2 is 1.83 bits per heavy atom. The van der Waals surface area contributed by atoms with Gasteiger partial charge in [-0.2, -0.15) is 0 Å². The molecule has 0 radical (unpaired) electrons. The van der Waals surface area contributed by atoms with Crippen LogP contribution in [0.5, 0.6) is 11.5 Å². The number of carbonyl (C=O) groups is 2. The Hall–Kier alpha value is -3.19. The molecule has 0 aromatic heterocycles. The van der Waals surface area contributed by atoms with Crippen LogP contribution in [0.15, 0.2) is 42.0 Å². The molecular formula is C23H24N2O4S. The third-order valence-electron chi connectivity index (χ3n) is 4.78. The van der Waals surface area contributed by atoms with Crippen LogP contribution in [-0.4, -0.2) is 30.1 Å². The van der Waals surface area contributed by atoms with Gasteiger partial charge in [-0.25, -0.2) is 0 Å². The number of thiocarbonyl (C=S) groups is 1. The van der Waals surface area contributed by atoms with Crippen LogP contribution in [-0.2, 0) is 9.59 Å². The zero-order valence-corrected chi connectivity index (χ0v) is 18.4. The van der Waals surface area contributed by atoms with E-state index in [1.54, 1.807) is 25.3 Å². The van der Waals surface area contributed by atoms with E-state index in [1.165, 1.54) is 11.0 Å². The van der Waals surface area contributed by atoms with E-state index in [-0.39, 0.29) is 16.8 Å². The Morgan fingerprint density at radius 3 is 2.50 bits per heavy atom. The number of carbonyl (C=O) groups excluding carboxylic acids is 2. The maximum Gasteiger partial charge on any atom is 0.270 e. The Kier molecular flexibility index (Phi) is 6.22. The second-order valence-corrected chi connectivity index (χ2v) is 7.64. The van der Waals surface area contributed by atoms with E-state index in [0.717, 1.165) is 11.1 Å². The molecule has 1 aliphatic rings. The molecule has 6 nitrogen and oxygen atoms in total. The van der Waals surface area contributed by atoms with Crippen molar-refractivity contribution in [2.45, 2.75) is 33.8 Å². The van der Waals surface area contributed by atoms with Gasteiger partial charge in [0.05, 0.1) is 18.9 Å². The minimum Gasteiger partial charge on any atom is -0.493 e. The van der Waals surface area contributed by atoms with E-state index in [9.17, 15) is 9.59 Å². The summed E-state index contributed by atoms with van der Waals surface area (Å²) >= 11 is 5.29. The molecule has 0 unspecified atom stereocenters. The highest BCUT2D eigenvalue weighted by Crippen LogP contribution is 2.31. The van der Waals surface area contributed by atoms with Crippen molar-refractivity contribution >= 4 is 40.9 Å². The lowest BCUT2D eigenvalue weighted by Crippen LogP contribution is -2.54. The van der Waals surface area contributed by atoms with Crippen molar-refractivity contribution in [1.29, 1.82) is 0 Å². The lowest BCUT2D eigenvalue weighted by atomic mass is 10.0. The molecule has 1 heterocycles. The van der Waals surface area contributed by atoms with Crippen molar-refractivity contribution in [3.05, 3.63) is 58.7 Å². The number of hydrogen-bond acceptors (Lipinski definition) is 5. The minimum atomic E-state index is -0.534. The van der Waals surface area contributed by atoms with Crippen LogP contribution in [0.3, 0.4) is 0 Å². The number of aryl methyl sites for hydroxylation is 1. The number of methoxy groups -OCH3 is 1. The number of ether oxygens (including phenoxy) is 2. The normalized spacial score (nSPS) is 15.6. The summed E-state index contributed by atoms with van der Waals surface area (Å²) in [5, 5.41) is 2.68. The molecule has 1 saturated heterocycles. The average Bonchev–Trinajstić information content (AvgIpc) is 2.68. The maximum atomic E-state index is 13.2. The second kappa shape index (κ2) is 8.67. The van der Waals surface area contributed by atoms with Gasteiger partial charge in [0.25, 0.3) is 11.8 Å². The number of amides is 2. The molecular weight excluding hydrogens is 400 g/mol. The maximum absolute atomic E-state index is 13.2. The fourth-order valence-corrected chi connectivity index (χ4v) is 3.42. The van der Waals surface area contributed by atoms with Crippen molar-refractivity contribution in [2.24, 2.45) is 0 Å². The van der Waals surface area contributed by atoms with Crippen molar-refractivity contribution in [2.75, 3.05) is 12.0 Å². The summed E-state index contributed by atoms with van der Waals surface area (Å²) < 4.78 is 11.1. The molecule has 1 aliphatic heterocycles. The van der Waals surface area contributed by atoms with Gasteiger partial charge in [0.15, 0.2) is 16.6 Å². The van der Waals surface area contributed by atoms with Crippen LogP contribution in [0.1, 0.15) is 30.5 Å². The number of nitrogens with zero attached hydrogens (tertiary/aromatic N) is 1. The van der Waals surface area contributed by atoms with Gasteiger partial charge >= 0.3 is 0 Å².